The lowest BCUT2D eigenvalue weighted by Crippen LogP contribution is -1.80. The second kappa shape index (κ2) is 15.8. The van der Waals surface area contributed by atoms with Crippen LogP contribution >= 0.6 is 13.5 Å². The number of unbranched alkanes of at least 4 members (excludes halogenated alkanes) is 10. The van der Waals surface area contributed by atoms with E-state index in [2.05, 4.69) is 13.8 Å². The maximum Gasteiger partial charge on any atom is -0.0533 e. The Morgan fingerprint density at radius 1 is 0.429 bits per heavy atom. The Morgan fingerprint density at radius 2 is 0.643 bits per heavy atom. The van der Waals surface area contributed by atoms with E-state index in [1.54, 1.807) is 0 Å². The van der Waals surface area contributed by atoms with Gasteiger partial charge in [0.1, 0.15) is 0 Å². The molecule has 0 amide bonds. The maximum atomic E-state index is 2.28. The number of hydrogen-bond donors (Lipinski definition) is 0. The Labute approximate surface area is 98.3 Å². The van der Waals surface area contributed by atoms with Gasteiger partial charge in [0, 0.05) is 0 Å². The van der Waals surface area contributed by atoms with Gasteiger partial charge in [0.25, 0.3) is 0 Å². The third-order valence-corrected chi connectivity index (χ3v) is 2.71. The molecule has 0 aromatic carbocycles. The molecular formula is C13H30S. The molecule has 1 heteroatoms. The predicted octanol–water partition coefficient (Wildman–Crippen LogP) is 5.43. The molecule has 0 aromatic heterocycles. The molecule has 0 unspecified atom stereocenters. The minimum atomic E-state index is 0. The topological polar surface area (TPSA) is 0 Å². The van der Waals surface area contributed by atoms with Gasteiger partial charge in [0.05, 0.1) is 0 Å². The molecule has 0 spiro atoms. The lowest BCUT2D eigenvalue weighted by molar-refractivity contribution is 0.554. The van der Waals surface area contributed by atoms with E-state index in [1.165, 1.54) is 70.6 Å². The highest BCUT2D eigenvalue weighted by molar-refractivity contribution is 7.59. The van der Waals surface area contributed by atoms with Gasteiger partial charge < -0.3 is 0 Å². The van der Waals surface area contributed by atoms with Crippen molar-refractivity contribution in [3.8, 4) is 0 Å². The summed E-state index contributed by atoms with van der Waals surface area (Å²) in [6.07, 6.45) is 15.9. The van der Waals surface area contributed by atoms with E-state index in [-0.39, 0.29) is 13.5 Å². The fraction of sp³-hybridized carbons (Fsp3) is 1.00. The Balaban J connectivity index is 0. The molecule has 0 bridgehead atoms. The molecule has 0 aliphatic carbocycles. The van der Waals surface area contributed by atoms with Crippen molar-refractivity contribution in [3.05, 3.63) is 0 Å². The van der Waals surface area contributed by atoms with E-state index >= 15 is 0 Å². The van der Waals surface area contributed by atoms with E-state index in [1.807, 2.05) is 0 Å². The van der Waals surface area contributed by atoms with Crippen molar-refractivity contribution >= 4 is 13.5 Å². The van der Waals surface area contributed by atoms with Gasteiger partial charge in [-0.3, -0.25) is 0 Å². The highest BCUT2D eigenvalue weighted by Crippen LogP contribution is 2.10. The van der Waals surface area contributed by atoms with Crippen LogP contribution < -0.4 is 0 Å². The number of hydrogen-bond acceptors (Lipinski definition) is 0. The van der Waals surface area contributed by atoms with Crippen LogP contribution in [0, 0.1) is 0 Å². The van der Waals surface area contributed by atoms with Gasteiger partial charge in [0.15, 0.2) is 0 Å². The van der Waals surface area contributed by atoms with Gasteiger partial charge in [0.2, 0.25) is 0 Å². The van der Waals surface area contributed by atoms with Crippen LogP contribution in [0.15, 0.2) is 0 Å². The first-order chi connectivity index (χ1) is 6.41. The van der Waals surface area contributed by atoms with Gasteiger partial charge in [-0.2, -0.15) is 13.5 Å². The summed E-state index contributed by atoms with van der Waals surface area (Å²) in [4.78, 5) is 0. The summed E-state index contributed by atoms with van der Waals surface area (Å²) in [6.45, 7) is 4.56. The fourth-order valence-corrected chi connectivity index (χ4v) is 1.74. The molecule has 0 heterocycles. The third kappa shape index (κ3) is 14.9. The van der Waals surface area contributed by atoms with E-state index in [9.17, 15) is 0 Å². The van der Waals surface area contributed by atoms with Gasteiger partial charge in [-0.15, -0.1) is 0 Å². The average Bonchev–Trinajstić information content (AvgIpc) is 2.16. The average molecular weight is 218 g/mol. The SMILES string of the molecule is CCCCCCCCCCCCC.S. The van der Waals surface area contributed by atoms with E-state index in [0.717, 1.165) is 0 Å². The first kappa shape index (κ1) is 16.8. The molecule has 0 saturated heterocycles. The highest BCUT2D eigenvalue weighted by atomic mass is 32.1. The summed E-state index contributed by atoms with van der Waals surface area (Å²) >= 11 is 0. The van der Waals surface area contributed by atoms with Crippen LogP contribution in [-0.2, 0) is 0 Å². The lowest BCUT2D eigenvalue weighted by Gasteiger charge is -2.00. The Morgan fingerprint density at radius 3 is 0.857 bits per heavy atom. The molecule has 0 radical (unpaired) electrons. The quantitative estimate of drug-likeness (QED) is 0.429. The molecule has 14 heavy (non-hydrogen) atoms. The van der Waals surface area contributed by atoms with Crippen molar-refractivity contribution in [2.45, 2.75) is 84.5 Å². The predicted molar refractivity (Wildman–Crippen MR) is 72.5 cm³/mol. The first-order valence-corrected chi connectivity index (χ1v) is 6.41. The summed E-state index contributed by atoms with van der Waals surface area (Å²) in [5, 5.41) is 0. The van der Waals surface area contributed by atoms with Crippen molar-refractivity contribution in [3.63, 3.8) is 0 Å². The zero-order valence-corrected chi connectivity index (χ0v) is 11.3. The van der Waals surface area contributed by atoms with Crippen molar-refractivity contribution in [1.82, 2.24) is 0 Å². The maximum absolute atomic E-state index is 2.28. The normalized spacial score (nSPS) is 9.86. The van der Waals surface area contributed by atoms with E-state index < -0.39 is 0 Å². The Kier molecular flexibility index (Phi) is 18.9. The molecule has 0 N–H and O–H groups in total. The van der Waals surface area contributed by atoms with Crippen LogP contribution in [0.5, 0.6) is 0 Å². The molecular weight excluding hydrogens is 188 g/mol. The standard InChI is InChI=1S/C13H28.H2S/c1-3-5-7-9-11-13-12-10-8-6-4-2;/h3-13H2,1-2H3;1H2. The zero-order valence-electron chi connectivity index (χ0n) is 10.3. The molecule has 0 aliphatic heterocycles. The van der Waals surface area contributed by atoms with Crippen molar-refractivity contribution < 1.29 is 0 Å². The Bertz CT molecular complexity index is 71.3. The van der Waals surface area contributed by atoms with Crippen LogP contribution in [0.2, 0.25) is 0 Å². The van der Waals surface area contributed by atoms with Gasteiger partial charge in [-0.05, 0) is 0 Å². The molecule has 88 valence electrons. The van der Waals surface area contributed by atoms with Crippen LogP contribution in [-0.4, -0.2) is 0 Å². The first-order valence-electron chi connectivity index (χ1n) is 6.41. The summed E-state index contributed by atoms with van der Waals surface area (Å²) in [7, 11) is 0. The Hall–Kier alpha value is 0.350. The smallest absolute Gasteiger partial charge is 0.0533 e. The molecule has 0 atom stereocenters. The fourth-order valence-electron chi connectivity index (χ4n) is 1.74. The minimum absolute atomic E-state index is 0. The zero-order chi connectivity index (χ0) is 9.78. The van der Waals surface area contributed by atoms with Crippen molar-refractivity contribution in [1.29, 1.82) is 0 Å². The molecule has 0 saturated carbocycles. The van der Waals surface area contributed by atoms with Gasteiger partial charge in [-0.1, -0.05) is 84.5 Å². The molecule has 0 fully saturated rings. The monoisotopic (exact) mass is 218 g/mol. The molecule has 0 aliphatic rings. The summed E-state index contributed by atoms with van der Waals surface area (Å²) < 4.78 is 0. The number of rotatable bonds is 10. The van der Waals surface area contributed by atoms with Crippen LogP contribution in [0.4, 0.5) is 0 Å². The molecule has 0 aromatic rings. The van der Waals surface area contributed by atoms with Gasteiger partial charge in [-0.25, -0.2) is 0 Å². The van der Waals surface area contributed by atoms with Crippen LogP contribution in [0.1, 0.15) is 84.5 Å². The molecule has 0 rings (SSSR count). The van der Waals surface area contributed by atoms with Crippen molar-refractivity contribution in [2.24, 2.45) is 0 Å². The van der Waals surface area contributed by atoms with Crippen LogP contribution in [0.3, 0.4) is 0 Å². The summed E-state index contributed by atoms with van der Waals surface area (Å²) in [5.74, 6) is 0. The third-order valence-electron chi connectivity index (χ3n) is 2.71. The van der Waals surface area contributed by atoms with Crippen LogP contribution in [0.25, 0.3) is 0 Å². The van der Waals surface area contributed by atoms with Crippen molar-refractivity contribution in [2.75, 3.05) is 0 Å². The highest BCUT2D eigenvalue weighted by Gasteiger charge is 1.90. The summed E-state index contributed by atoms with van der Waals surface area (Å²) in [6, 6.07) is 0. The lowest BCUT2D eigenvalue weighted by atomic mass is 10.1. The van der Waals surface area contributed by atoms with E-state index in [4.69, 9.17) is 0 Å². The van der Waals surface area contributed by atoms with Gasteiger partial charge >= 0.3 is 0 Å². The second-order valence-corrected chi connectivity index (χ2v) is 4.18. The summed E-state index contributed by atoms with van der Waals surface area (Å²) in [5.41, 5.74) is 0. The van der Waals surface area contributed by atoms with E-state index in [0.29, 0.717) is 0 Å². The largest absolute Gasteiger partial charge is 0.197 e. The second-order valence-electron chi connectivity index (χ2n) is 4.18. The minimum Gasteiger partial charge on any atom is -0.197 e. The molecule has 0 nitrogen and oxygen atoms in total.